The summed E-state index contributed by atoms with van der Waals surface area (Å²) in [5, 5.41) is 12.9. The summed E-state index contributed by atoms with van der Waals surface area (Å²) in [6.45, 7) is 0.917. The van der Waals surface area contributed by atoms with Crippen LogP contribution in [0.1, 0.15) is 18.0 Å². The smallest absolute Gasteiger partial charge is 0.0747 e. The molecule has 1 aromatic rings. The van der Waals surface area contributed by atoms with Crippen molar-refractivity contribution in [3.8, 4) is 0 Å². The Balaban J connectivity index is 2.19. The first-order valence-electron chi connectivity index (χ1n) is 4.34. The summed E-state index contributed by atoms with van der Waals surface area (Å²) in [4.78, 5) is 0. The highest BCUT2D eigenvalue weighted by atomic mass is 16.3. The van der Waals surface area contributed by atoms with Crippen LogP contribution in [0, 0.1) is 0 Å². The fraction of sp³-hybridized carbons (Fsp3) is 0.400. The lowest BCUT2D eigenvalue weighted by Gasteiger charge is -2.14. The van der Waals surface area contributed by atoms with Crippen LogP contribution in [0.5, 0.6) is 0 Å². The third kappa shape index (κ3) is 1.36. The highest BCUT2D eigenvalue weighted by molar-refractivity contribution is 5.21. The van der Waals surface area contributed by atoms with Crippen LogP contribution in [0.2, 0.25) is 0 Å². The zero-order chi connectivity index (χ0) is 8.39. The van der Waals surface area contributed by atoms with E-state index in [2.05, 4.69) is 5.32 Å². The zero-order valence-corrected chi connectivity index (χ0v) is 6.90. The topological polar surface area (TPSA) is 32.3 Å². The van der Waals surface area contributed by atoms with E-state index in [1.165, 1.54) is 5.56 Å². The molecule has 2 rings (SSSR count). The molecule has 1 aromatic carbocycles. The zero-order valence-electron chi connectivity index (χ0n) is 6.90. The van der Waals surface area contributed by atoms with Crippen LogP contribution in [-0.2, 0) is 0 Å². The SMILES string of the molecule is O[C@@H]1CCN[C@H]1c1ccccc1. The molecular formula is C10H13NO. The van der Waals surface area contributed by atoms with Crippen LogP contribution in [-0.4, -0.2) is 17.8 Å². The number of aliphatic hydroxyl groups excluding tert-OH is 1. The molecule has 0 aliphatic carbocycles. The van der Waals surface area contributed by atoms with Crippen molar-refractivity contribution in [3.05, 3.63) is 35.9 Å². The van der Waals surface area contributed by atoms with Crippen LogP contribution < -0.4 is 5.32 Å². The molecule has 1 aliphatic rings. The van der Waals surface area contributed by atoms with Crippen molar-refractivity contribution in [1.82, 2.24) is 5.32 Å². The lowest BCUT2D eigenvalue weighted by molar-refractivity contribution is 0.160. The van der Waals surface area contributed by atoms with E-state index in [4.69, 9.17) is 0 Å². The molecule has 0 aromatic heterocycles. The number of benzene rings is 1. The average molecular weight is 163 g/mol. The first kappa shape index (κ1) is 7.77. The summed E-state index contributed by atoms with van der Waals surface area (Å²) in [5.41, 5.74) is 1.18. The minimum Gasteiger partial charge on any atom is -0.391 e. The molecule has 1 heterocycles. The largest absolute Gasteiger partial charge is 0.391 e. The van der Waals surface area contributed by atoms with Gasteiger partial charge in [-0.05, 0) is 18.5 Å². The molecular weight excluding hydrogens is 150 g/mol. The van der Waals surface area contributed by atoms with E-state index in [9.17, 15) is 5.11 Å². The van der Waals surface area contributed by atoms with Crippen molar-refractivity contribution in [2.24, 2.45) is 0 Å². The van der Waals surface area contributed by atoms with Gasteiger partial charge < -0.3 is 10.4 Å². The predicted octanol–water partition coefficient (Wildman–Crippen LogP) is 1.08. The molecule has 2 N–H and O–H groups in total. The first-order chi connectivity index (χ1) is 5.88. The normalized spacial score (nSPS) is 29.1. The Morgan fingerprint density at radius 1 is 1.25 bits per heavy atom. The van der Waals surface area contributed by atoms with Gasteiger partial charge in [0.25, 0.3) is 0 Å². The van der Waals surface area contributed by atoms with Crippen molar-refractivity contribution >= 4 is 0 Å². The van der Waals surface area contributed by atoms with Crippen molar-refractivity contribution in [3.63, 3.8) is 0 Å². The summed E-state index contributed by atoms with van der Waals surface area (Å²) < 4.78 is 0. The van der Waals surface area contributed by atoms with Crippen molar-refractivity contribution < 1.29 is 5.11 Å². The fourth-order valence-corrected chi connectivity index (χ4v) is 1.69. The lowest BCUT2D eigenvalue weighted by atomic mass is 10.0. The molecule has 12 heavy (non-hydrogen) atoms. The average Bonchev–Trinajstić information content (AvgIpc) is 2.53. The molecule has 0 spiro atoms. The molecule has 1 aliphatic heterocycles. The molecule has 0 unspecified atom stereocenters. The Kier molecular flexibility index (Phi) is 2.11. The van der Waals surface area contributed by atoms with Gasteiger partial charge in [0.15, 0.2) is 0 Å². The van der Waals surface area contributed by atoms with E-state index < -0.39 is 0 Å². The molecule has 1 saturated heterocycles. The van der Waals surface area contributed by atoms with Gasteiger partial charge in [-0.3, -0.25) is 0 Å². The second-order valence-corrected chi connectivity index (χ2v) is 3.20. The van der Waals surface area contributed by atoms with Gasteiger partial charge in [0.05, 0.1) is 12.1 Å². The standard InChI is InChI=1S/C10H13NO/c12-9-6-7-11-10(9)8-4-2-1-3-5-8/h1-5,9-12H,6-7H2/t9-,10+/m1/s1. The van der Waals surface area contributed by atoms with E-state index >= 15 is 0 Å². The number of nitrogens with one attached hydrogen (secondary N) is 1. The highest BCUT2D eigenvalue weighted by Gasteiger charge is 2.25. The Hall–Kier alpha value is -0.860. The van der Waals surface area contributed by atoms with Crippen LogP contribution in [0.4, 0.5) is 0 Å². The van der Waals surface area contributed by atoms with Gasteiger partial charge >= 0.3 is 0 Å². The van der Waals surface area contributed by atoms with E-state index in [0.29, 0.717) is 0 Å². The van der Waals surface area contributed by atoms with E-state index in [-0.39, 0.29) is 12.1 Å². The summed E-state index contributed by atoms with van der Waals surface area (Å²) in [5.74, 6) is 0. The van der Waals surface area contributed by atoms with Crippen LogP contribution in [0.3, 0.4) is 0 Å². The number of aliphatic hydroxyl groups is 1. The lowest BCUT2D eigenvalue weighted by Crippen LogP contribution is -2.20. The van der Waals surface area contributed by atoms with Crippen LogP contribution in [0.15, 0.2) is 30.3 Å². The quantitative estimate of drug-likeness (QED) is 0.649. The molecule has 0 saturated carbocycles. The summed E-state index contributed by atoms with van der Waals surface area (Å²) in [7, 11) is 0. The van der Waals surface area contributed by atoms with Gasteiger partial charge in [-0.1, -0.05) is 30.3 Å². The van der Waals surface area contributed by atoms with Crippen LogP contribution in [0.25, 0.3) is 0 Å². The van der Waals surface area contributed by atoms with E-state index in [0.717, 1.165) is 13.0 Å². The minimum absolute atomic E-state index is 0.145. The molecule has 0 radical (unpaired) electrons. The maximum Gasteiger partial charge on any atom is 0.0747 e. The number of rotatable bonds is 1. The van der Waals surface area contributed by atoms with Gasteiger partial charge in [0.2, 0.25) is 0 Å². The van der Waals surface area contributed by atoms with Gasteiger partial charge in [-0.15, -0.1) is 0 Å². The van der Waals surface area contributed by atoms with Gasteiger partial charge in [0.1, 0.15) is 0 Å². The van der Waals surface area contributed by atoms with Gasteiger partial charge in [0, 0.05) is 0 Å². The number of hydrogen-bond donors (Lipinski definition) is 2. The predicted molar refractivity (Wildman–Crippen MR) is 47.8 cm³/mol. The molecule has 0 bridgehead atoms. The van der Waals surface area contributed by atoms with Crippen molar-refractivity contribution in [2.45, 2.75) is 18.6 Å². The molecule has 0 amide bonds. The Bertz CT molecular complexity index is 247. The first-order valence-corrected chi connectivity index (χ1v) is 4.34. The Morgan fingerprint density at radius 2 is 2.00 bits per heavy atom. The summed E-state index contributed by atoms with van der Waals surface area (Å²) in [6.07, 6.45) is 0.645. The van der Waals surface area contributed by atoms with E-state index in [1.807, 2.05) is 30.3 Å². The Morgan fingerprint density at radius 3 is 2.58 bits per heavy atom. The summed E-state index contributed by atoms with van der Waals surface area (Å²) >= 11 is 0. The van der Waals surface area contributed by atoms with Crippen LogP contribution >= 0.6 is 0 Å². The van der Waals surface area contributed by atoms with Gasteiger partial charge in [-0.25, -0.2) is 0 Å². The third-order valence-electron chi connectivity index (χ3n) is 2.35. The van der Waals surface area contributed by atoms with Crippen molar-refractivity contribution in [2.75, 3.05) is 6.54 Å². The van der Waals surface area contributed by atoms with E-state index in [1.54, 1.807) is 0 Å². The third-order valence-corrected chi connectivity index (χ3v) is 2.35. The second kappa shape index (κ2) is 3.25. The number of hydrogen-bond acceptors (Lipinski definition) is 2. The van der Waals surface area contributed by atoms with Gasteiger partial charge in [-0.2, -0.15) is 0 Å². The summed E-state index contributed by atoms with van der Waals surface area (Å²) in [6, 6.07) is 10.2. The maximum absolute atomic E-state index is 9.58. The Labute approximate surface area is 72.2 Å². The highest BCUT2D eigenvalue weighted by Crippen LogP contribution is 2.22. The molecule has 2 nitrogen and oxygen atoms in total. The molecule has 2 atom stereocenters. The fourth-order valence-electron chi connectivity index (χ4n) is 1.69. The maximum atomic E-state index is 9.58. The second-order valence-electron chi connectivity index (χ2n) is 3.20. The van der Waals surface area contributed by atoms with Crippen molar-refractivity contribution in [1.29, 1.82) is 0 Å². The minimum atomic E-state index is -0.215. The monoisotopic (exact) mass is 163 g/mol. The molecule has 64 valence electrons. The molecule has 1 fully saturated rings. The molecule has 2 heteroatoms.